The quantitative estimate of drug-likeness (QED) is 0.105. The third kappa shape index (κ3) is 9.94. The Kier molecular flexibility index (Phi) is 12.3. The number of benzene rings is 1. The number of pyridine rings is 2. The summed E-state index contributed by atoms with van der Waals surface area (Å²) in [4.78, 5) is 48.6. The maximum Gasteiger partial charge on any atom is 0.319 e. The molecule has 1 unspecified atom stereocenters. The van der Waals surface area contributed by atoms with Gasteiger partial charge in [0.05, 0.1) is 40.0 Å². The number of rotatable bonds is 16. The minimum Gasteiger partial charge on any atom is -0.453 e. The van der Waals surface area contributed by atoms with Gasteiger partial charge in [0.1, 0.15) is 12.0 Å². The number of aliphatic hydroxyl groups is 1. The van der Waals surface area contributed by atoms with Crippen molar-refractivity contribution >= 4 is 45.1 Å². The average Bonchev–Trinajstić information content (AvgIpc) is 3.78. The van der Waals surface area contributed by atoms with Gasteiger partial charge in [0.25, 0.3) is 0 Å². The number of carbonyl (C=O) groups is 3. The molecular weight excluding hydrogens is 665 g/mol. The van der Waals surface area contributed by atoms with Gasteiger partial charge in [-0.25, -0.2) is 9.18 Å². The van der Waals surface area contributed by atoms with E-state index in [-0.39, 0.29) is 48.6 Å². The third-order valence-electron chi connectivity index (χ3n) is 7.87. The van der Waals surface area contributed by atoms with E-state index < -0.39 is 18.1 Å². The Balaban J connectivity index is 1.27. The van der Waals surface area contributed by atoms with Crippen molar-refractivity contribution in [3.05, 3.63) is 66.2 Å². The molecule has 1 aliphatic carbocycles. The Bertz CT molecular complexity index is 1800. The molecular formula is C35H42FN7O6S. The van der Waals surface area contributed by atoms with Gasteiger partial charge in [0.2, 0.25) is 11.8 Å². The van der Waals surface area contributed by atoms with E-state index in [1.807, 2.05) is 32.0 Å². The molecule has 13 nitrogen and oxygen atoms in total. The van der Waals surface area contributed by atoms with Crippen molar-refractivity contribution in [2.24, 2.45) is 5.92 Å². The van der Waals surface area contributed by atoms with E-state index in [1.54, 1.807) is 36.5 Å². The second kappa shape index (κ2) is 16.8. The predicted octanol–water partition coefficient (Wildman–Crippen LogP) is 4.62. The summed E-state index contributed by atoms with van der Waals surface area (Å²) in [5.74, 6) is -0.827. The molecule has 1 saturated carbocycles. The summed E-state index contributed by atoms with van der Waals surface area (Å²) < 4.78 is 26.9. The van der Waals surface area contributed by atoms with Gasteiger partial charge < -0.3 is 35.4 Å². The molecule has 0 aliphatic heterocycles. The smallest absolute Gasteiger partial charge is 0.319 e. The molecule has 266 valence electrons. The van der Waals surface area contributed by atoms with Gasteiger partial charge in [-0.15, -0.1) is 11.3 Å². The van der Waals surface area contributed by atoms with Crippen LogP contribution in [-0.2, 0) is 20.9 Å². The monoisotopic (exact) mass is 707 g/mol. The third-order valence-corrected chi connectivity index (χ3v) is 9.04. The number of hydrogen-bond acceptors (Lipinski definition) is 10. The molecule has 1 aliphatic rings. The van der Waals surface area contributed by atoms with Crippen molar-refractivity contribution in [1.29, 1.82) is 0 Å². The van der Waals surface area contributed by atoms with Gasteiger partial charge in [0.15, 0.2) is 11.6 Å². The first-order valence-corrected chi connectivity index (χ1v) is 17.2. The van der Waals surface area contributed by atoms with Crippen LogP contribution in [0.1, 0.15) is 39.2 Å². The number of fused-ring (bicyclic) bond motifs is 1. The lowest BCUT2D eigenvalue weighted by atomic mass is 10.0. The van der Waals surface area contributed by atoms with Gasteiger partial charge in [-0.2, -0.15) is 0 Å². The highest BCUT2D eigenvalue weighted by Crippen LogP contribution is 2.39. The number of anilines is 1. The topological polar surface area (TPSA) is 167 Å². The average molecular weight is 708 g/mol. The number of nitrogens with one attached hydrogen (secondary N) is 4. The van der Waals surface area contributed by atoms with E-state index >= 15 is 0 Å². The zero-order chi connectivity index (χ0) is 35.8. The van der Waals surface area contributed by atoms with Crippen molar-refractivity contribution in [2.45, 2.75) is 58.5 Å². The van der Waals surface area contributed by atoms with Crippen LogP contribution in [0.2, 0.25) is 0 Å². The Labute approximate surface area is 293 Å². The first-order chi connectivity index (χ1) is 24.0. The van der Waals surface area contributed by atoms with E-state index in [0.717, 1.165) is 23.3 Å². The number of urea groups is 1. The summed E-state index contributed by atoms with van der Waals surface area (Å²) in [6, 6.07) is 10.7. The highest BCUT2D eigenvalue weighted by molar-refractivity contribution is 7.22. The molecule has 0 radical (unpaired) electrons. The fourth-order valence-corrected chi connectivity index (χ4v) is 6.13. The second-order valence-electron chi connectivity index (χ2n) is 12.4. The molecule has 0 saturated heterocycles. The minimum atomic E-state index is -1.10. The summed E-state index contributed by atoms with van der Waals surface area (Å²) in [6.45, 7) is 5.99. The number of thiophene rings is 1. The fraction of sp³-hybridized carbons (Fsp3) is 0.400. The normalized spacial score (nSPS) is 13.9. The van der Waals surface area contributed by atoms with Crippen LogP contribution < -0.4 is 26.0 Å². The van der Waals surface area contributed by atoms with Crippen molar-refractivity contribution in [3.8, 4) is 22.1 Å². The predicted molar refractivity (Wildman–Crippen MR) is 188 cm³/mol. The number of halogens is 1. The molecule has 4 amide bonds. The minimum absolute atomic E-state index is 0.00722. The highest BCUT2D eigenvalue weighted by atomic mass is 32.1. The van der Waals surface area contributed by atoms with Crippen LogP contribution in [-0.4, -0.2) is 82.9 Å². The summed E-state index contributed by atoms with van der Waals surface area (Å²) in [5.41, 5.74) is 2.46. The van der Waals surface area contributed by atoms with Gasteiger partial charge in [-0.1, -0.05) is 19.9 Å². The lowest BCUT2D eigenvalue weighted by molar-refractivity contribution is -0.137. The molecule has 3 heterocycles. The molecule has 15 heteroatoms. The summed E-state index contributed by atoms with van der Waals surface area (Å²) in [6.07, 6.45) is 4.09. The Morgan fingerprint density at radius 2 is 1.90 bits per heavy atom. The Morgan fingerprint density at radius 3 is 2.56 bits per heavy atom. The number of methoxy groups -OCH3 is 1. The number of amides is 4. The molecule has 0 spiro atoms. The van der Waals surface area contributed by atoms with E-state index in [0.29, 0.717) is 40.5 Å². The van der Waals surface area contributed by atoms with E-state index in [4.69, 9.17) is 9.47 Å². The van der Waals surface area contributed by atoms with Crippen LogP contribution in [0.3, 0.4) is 0 Å². The van der Waals surface area contributed by atoms with Crippen LogP contribution in [0.25, 0.3) is 20.8 Å². The maximum atomic E-state index is 15.0. The molecule has 50 heavy (non-hydrogen) atoms. The van der Waals surface area contributed by atoms with Crippen molar-refractivity contribution in [2.75, 3.05) is 32.1 Å². The largest absolute Gasteiger partial charge is 0.453 e. The van der Waals surface area contributed by atoms with Crippen LogP contribution in [0.15, 0.2) is 54.9 Å². The number of aromatic nitrogens is 2. The molecule has 3 aromatic heterocycles. The first kappa shape index (κ1) is 36.6. The summed E-state index contributed by atoms with van der Waals surface area (Å²) >= 11 is 1.40. The maximum absolute atomic E-state index is 15.0. The Morgan fingerprint density at radius 1 is 1.10 bits per heavy atom. The van der Waals surface area contributed by atoms with Crippen molar-refractivity contribution in [3.63, 3.8) is 0 Å². The molecule has 4 aromatic rings. The molecule has 1 aromatic carbocycles. The zero-order valence-corrected chi connectivity index (χ0v) is 29.2. The van der Waals surface area contributed by atoms with Crippen LogP contribution in [0.5, 0.6) is 11.5 Å². The van der Waals surface area contributed by atoms with Crippen LogP contribution in [0, 0.1) is 11.7 Å². The highest BCUT2D eigenvalue weighted by Gasteiger charge is 2.29. The number of ether oxygens (including phenoxy) is 2. The van der Waals surface area contributed by atoms with Crippen LogP contribution >= 0.6 is 11.3 Å². The summed E-state index contributed by atoms with van der Waals surface area (Å²) in [7, 11) is 1.56. The van der Waals surface area contributed by atoms with Gasteiger partial charge >= 0.3 is 6.03 Å². The van der Waals surface area contributed by atoms with E-state index in [9.17, 15) is 23.9 Å². The number of hydrogen-bond donors (Lipinski definition) is 5. The number of nitrogens with zero attached hydrogens (tertiary/aromatic N) is 3. The number of aliphatic hydroxyl groups excluding tert-OH is 1. The SMILES string of the molecule is COCCN(Cc1ccc(-c2cc3nccc(Oc4ccc(NC(=O)NC5CC5)cc4F)c3s2)nc1)C(=O)[C@@H](NC(O)CNC(C)=O)C(C)C. The fourth-order valence-electron chi connectivity index (χ4n) is 5.09. The zero-order valence-electron chi connectivity index (χ0n) is 28.4. The molecule has 2 atom stereocenters. The summed E-state index contributed by atoms with van der Waals surface area (Å²) in [5, 5.41) is 21.3. The van der Waals surface area contributed by atoms with E-state index in [1.165, 1.54) is 30.4 Å². The molecule has 1 fully saturated rings. The van der Waals surface area contributed by atoms with Crippen molar-refractivity contribution in [1.82, 2.24) is 30.8 Å². The van der Waals surface area contributed by atoms with Crippen molar-refractivity contribution < 1.29 is 33.4 Å². The standard InChI is InChI=1S/C35H42FN7O6S/c1-20(2)32(42-31(45)18-38-21(3)44)34(46)43(13-14-48-4)19-22-5-9-26(39-17-22)30-16-27-33(50-30)29(11-12-37-27)49-28-10-8-24(15-25(28)36)41-35(47)40-23-6-7-23/h5,8-12,15-17,20,23,31-32,42,45H,6-7,13-14,18-19H2,1-4H3,(H,38,44)(H2,40,41,47)/t31?,32-/m0/s1. The lowest BCUT2D eigenvalue weighted by Crippen LogP contribution is -2.55. The first-order valence-electron chi connectivity index (χ1n) is 16.4. The molecule has 0 bridgehead atoms. The van der Waals surface area contributed by atoms with E-state index in [2.05, 4.69) is 31.2 Å². The van der Waals surface area contributed by atoms with Gasteiger partial charge in [-0.05, 0) is 48.6 Å². The van der Waals surface area contributed by atoms with Crippen LogP contribution in [0.4, 0.5) is 14.9 Å². The van der Waals surface area contributed by atoms with Gasteiger partial charge in [-0.3, -0.25) is 24.9 Å². The van der Waals surface area contributed by atoms with Gasteiger partial charge in [0, 0.05) is 63.4 Å². The molecule has 5 N–H and O–H groups in total. The Hall–Kier alpha value is -4.70. The second-order valence-corrected chi connectivity index (χ2v) is 13.5. The lowest BCUT2D eigenvalue weighted by Gasteiger charge is -2.31. The number of carbonyl (C=O) groups excluding carboxylic acids is 3. The molecule has 5 rings (SSSR count).